The fourth-order valence-corrected chi connectivity index (χ4v) is 1.65. The molecule has 1 aromatic rings. The van der Waals surface area contributed by atoms with Crippen LogP contribution in [0.3, 0.4) is 0 Å². The predicted molar refractivity (Wildman–Crippen MR) is 64.0 cm³/mol. The smallest absolute Gasteiger partial charge is 0.311 e. The van der Waals surface area contributed by atoms with Gasteiger partial charge in [0.1, 0.15) is 0 Å². The first-order chi connectivity index (χ1) is 8.45. The van der Waals surface area contributed by atoms with Gasteiger partial charge in [-0.1, -0.05) is 12.1 Å². The van der Waals surface area contributed by atoms with Crippen LogP contribution in [-0.4, -0.2) is 29.2 Å². The summed E-state index contributed by atoms with van der Waals surface area (Å²) in [6.07, 6.45) is -0.678. The first kappa shape index (κ1) is 14.1. The van der Waals surface area contributed by atoms with Gasteiger partial charge in [0.25, 0.3) is 5.69 Å². The number of rotatable bonds is 5. The highest BCUT2D eigenvalue weighted by atomic mass is 16.6. The van der Waals surface area contributed by atoms with E-state index in [2.05, 4.69) is 4.74 Å². The molecule has 98 valence electrons. The van der Waals surface area contributed by atoms with Crippen molar-refractivity contribution >= 4 is 11.7 Å². The predicted octanol–water partition coefficient (Wildman–Crippen LogP) is 1.31. The Hall–Kier alpha value is -1.95. The zero-order chi connectivity index (χ0) is 13.7. The molecule has 6 nitrogen and oxygen atoms in total. The van der Waals surface area contributed by atoms with Crippen LogP contribution in [0.4, 0.5) is 5.69 Å². The van der Waals surface area contributed by atoms with Crippen LogP contribution in [0.5, 0.6) is 0 Å². The summed E-state index contributed by atoms with van der Waals surface area (Å²) < 4.78 is 4.59. The lowest BCUT2D eigenvalue weighted by Crippen LogP contribution is -2.29. The van der Waals surface area contributed by atoms with Gasteiger partial charge in [-0.2, -0.15) is 0 Å². The van der Waals surface area contributed by atoms with Gasteiger partial charge in [0, 0.05) is 12.1 Å². The molecule has 0 amide bonds. The van der Waals surface area contributed by atoms with E-state index in [1.54, 1.807) is 12.1 Å². The molecule has 1 rings (SSSR count). The van der Waals surface area contributed by atoms with Crippen molar-refractivity contribution < 1.29 is 19.6 Å². The maximum absolute atomic E-state index is 11.5. The molecule has 0 saturated heterocycles. The number of nitrogens with zero attached hydrogens (tertiary/aromatic N) is 1. The zero-order valence-electron chi connectivity index (χ0n) is 10.2. The molecule has 0 aliphatic rings. The third-order valence-electron chi connectivity index (χ3n) is 2.66. The minimum Gasteiger partial charge on any atom is -0.469 e. The molecule has 6 heteroatoms. The number of aliphatic hydroxyl groups is 1. The van der Waals surface area contributed by atoms with Gasteiger partial charge in [-0.15, -0.1) is 0 Å². The van der Waals surface area contributed by atoms with Gasteiger partial charge in [0.05, 0.1) is 24.1 Å². The van der Waals surface area contributed by atoms with Gasteiger partial charge < -0.3 is 9.84 Å². The molecule has 0 aromatic heterocycles. The number of methoxy groups -OCH3 is 1. The summed E-state index contributed by atoms with van der Waals surface area (Å²) in [5.41, 5.74) is 0.571. The highest BCUT2D eigenvalue weighted by Gasteiger charge is 2.25. The van der Waals surface area contributed by atoms with Crippen LogP contribution in [0.1, 0.15) is 12.5 Å². The normalized spacial score (nSPS) is 13.7. The Balaban J connectivity index is 2.90. The Labute approximate surface area is 104 Å². The van der Waals surface area contributed by atoms with Gasteiger partial charge >= 0.3 is 5.97 Å². The first-order valence-corrected chi connectivity index (χ1v) is 5.45. The highest BCUT2D eigenvalue weighted by Crippen LogP contribution is 2.18. The maximum atomic E-state index is 11.5. The minimum absolute atomic E-state index is 0.0401. The van der Waals surface area contributed by atoms with Gasteiger partial charge in [-0.05, 0) is 18.9 Å². The molecule has 2 atom stereocenters. The van der Waals surface area contributed by atoms with Crippen LogP contribution in [-0.2, 0) is 16.0 Å². The SMILES string of the molecule is COC(=O)C(Cc1cccc([N+](=O)[O-])c1)C(C)O. The molecular weight excluding hydrogens is 238 g/mol. The summed E-state index contributed by atoms with van der Waals surface area (Å²) in [4.78, 5) is 21.6. The summed E-state index contributed by atoms with van der Waals surface area (Å²) in [6.45, 7) is 1.49. The second-order valence-electron chi connectivity index (χ2n) is 4.00. The van der Waals surface area contributed by atoms with Crippen LogP contribution in [0.2, 0.25) is 0 Å². The number of esters is 1. The summed E-state index contributed by atoms with van der Waals surface area (Å²) in [5.74, 6) is -1.26. The van der Waals surface area contributed by atoms with Crippen LogP contribution in [0.15, 0.2) is 24.3 Å². The van der Waals surface area contributed by atoms with Crippen LogP contribution < -0.4 is 0 Å². The van der Waals surface area contributed by atoms with Crippen molar-refractivity contribution in [3.05, 3.63) is 39.9 Å². The van der Waals surface area contributed by atoms with Crippen molar-refractivity contribution in [3.63, 3.8) is 0 Å². The number of aliphatic hydroxyl groups excluding tert-OH is 1. The lowest BCUT2D eigenvalue weighted by Gasteiger charge is -2.17. The van der Waals surface area contributed by atoms with Crippen LogP contribution in [0, 0.1) is 16.0 Å². The number of carbonyl (C=O) groups is 1. The standard InChI is InChI=1S/C12H15NO5/c1-8(14)11(12(15)18-2)7-9-4-3-5-10(6-9)13(16)17/h3-6,8,11,14H,7H2,1-2H3. The number of non-ortho nitro benzene ring substituents is 1. The molecule has 1 N–H and O–H groups in total. The molecule has 0 saturated carbocycles. The van der Waals surface area contributed by atoms with E-state index in [1.807, 2.05) is 0 Å². The monoisotopic (exact) mass is 253 g/mol. The Kier molecular flexibility index (Phi) is 4.79. The number of ether oxygens (including phenoxy) is 1. The molecule has 0 spiro atoms. The van der Waals surface area contributed by atoms with Crippen molar-refractivity contribution in [2.45, 2.75) is 19.4 Å². The average Bonchev–Trinajstić information content (AvgIpc) is 2.35. The molecule has 0 fully saturated rings. The third-order valence-corrected chi connectivity index (χ3v) is 2.66. The molecule has 1 aromatic carbocycles. The van der Waals surface area contributed by atoms with Gasteiger partial charge in [0.15, 0.2) is 0 Å². The van der Waals surface area contributed by atoms with E-state index in [-0.39, 0.29) is 12.1 Å². The number of nitro groups is 1. The highest BCUT2D eigenvalue weighted by molar-refractivity contribution is 5.73. The van der Waals surface area contributed by atoms with Crippen molar-refractivity contribution in [1.29, 1.82) is 0 Å². The number of nitro benzene ring substituents is 1. The summed E-state index contributed by atoms with van der Waals surface area (Å²) in [5, 5.41) is 20.1. The maximum Gasteiger partial charge on any atom is 0.311 e. The van der Waals surface area contributed by atoms with Crippen LogP contribution in [0.25, 0.3) is 0 Å². The van der Waals surface area contributed by atoms with Crippen molar-refractivity contribution in [3.8, 4) is 0 Å². The number of carbonyl (C=O) groups excluding carboxylic acids is 1. The molecule has 0 aliphatic carbocycles. The van der Waals surface area contributed by atoms with Gasteiger partial charge in [-0.3, -0.25) is 14.9 Å². The number of hydrogen-bond acceptors (Lipinski definition) is 5. The lowest BCUT2D eigenvalue weighted by molar-refractivity contribution is -0.384. The van der Waals surface area contributed by atoms with E-state index in [0.717, 1.165) is 0 Å². The molecule has 0 radical (unpaired) electrons. The third kappa shape index (κ3) is 3.53. The van der Waals surface area contributed by atoms with E-state index < -0.39 is 22.9 Å². The minimum atomic E-state index is -0.878. The van der Waals surface area contributed by atoms with Crippen molar-refractivity contribution in [2.75, 3.05) is 7.11 Å². The zero-order valence-corrected chi connectivity index (χ0v) is 10.2. The fourth-order valence-electron chi connectivity index (χ4n) is 1.65. The average molecular weight is 253 g/mol. The van der Waals surface area contributed by atoms with E-state index in [1.165, 1.54) is 26.2 Å². The van der Waals surface area contributed by atoms with Crippen LogP contribution >= 0.6 is 0 Å². The first-order valence-electron chi connectivity index (χ1n) is 5.45. The van der Waals surface area contributed by atoms with E-state index >= 15 is 0 Å². The van der Waals surface area contributed by atoms with E-state index in [0.29, 0.717) is 5.56 Å². The second-order valence-corrected chi connectivity index (χ2v) is 4.00. The summed E-state index contributed by atoms with van der Waals surface area (Å²) in [6, 6.07) is 5.98. The van der Waals surface area contributed by atoms with Gasteiger partial charge in [0.2, 0.25) is 0 Å². The van der Waals surface area contributed by atoms with Crippen molar-refractivity contribution in [1.82, 2.24) is 0 Å². The molecule has 18 heavy (non-hydrogen) atoms. The Morgan fingerprint density at radius 3 is 2.72 bits per heavy atom. The Morgan fingerprint density at radius 1 is 1.56 bits per heavy atom. The largest absolute Gasteiger partial charge is 0.469 e. The summed E-state index contributed by atoms with van der Waals surface area (Å²) >= 11 is 0. The van der Waals surface area contributed by atoms with Crippen molar-refractivity contribution in [2.24, 2.45) is 5.92 Å². The summed E-state index contributed by atoms with van der Waals surface area (Å²) in [7, 11) is 1.24. The molecule has 0 bridgehead atoms. The van der Waals surface area contributed by atoms with Gasteiger partial charge in [-0.25, -0.2) is 0 Å². The van der Waals surface area contributed by atoms with E-state index in [9.17, 15) is 20.0 Å². The Morgan fingerprint density at radius 2 is 2.22 bits per heavy atom. The van der Waals surface area contributed by atoms with E-state index in [4.69, 9.17) is 0 Å². The molecule has 2 unspecified atom stereocenters. The topological polar surface area (TPSA) is 89.7 Å². The molecular formula is C12H15NO5. The quantitative estimate of drug-likeness (QED) is 0.485. The number of benzene rings is 1. The fraction of sp³-hybridized carbons (Fsp3) is 0.417. The lowest BCUT2D eigenvalue weighted by atomic mass is 9.95. The second kappa shape index (κ2) is 6.11. The molecule has 0 heterocycles. The molecule has 0 aliphatic heterocycles. The number of hydrogen-bond donors (Lipinski definition) is 1. The Bertz CT molecular complexity index is 444.